The molecule has 0 aromatic carbocycles. The Bertz CT molecular complexity index is 1200. The number of aryl methyl sites for hydroxylation is 2. The number of nitrogens with one attached hydrogen (secondary N) is 1. The Labute approximate surface area is 141 Å². The maximum Gasteiger partial charge on any atom is 0.333 e. The minimum Gasteiger partial charge on any atom is -0.305 e. The third-order valence-corrected chi connectivity index (χ3v) is 5.42. The van der Waals surface area contributed by atoms with Gasteiger partial charge in [0.25, 0.3) is 5.56 Å². The third kappa shape index (κ3) is 2.00. The van der Waals surface area contributed by atoms with Crippen LogP contribution in [-0.2, 0) is 7.05 Å². The lowest BCUT2D eigenvalue weighted by molar-refractivity contribution is 0.750. The summed E-state index contributed by atoms with van der Waals surface area (Å²) >= 11 is 4.62. The molecule has 4 aromatic heterocycles. The van der Waals surface area contributed by atoms with E-state index in [0.717, 1.165) is 19.4 Å². The molecule has 4 rings (SSSR count). The van der Waals surface area contributed by atoms with Crippen molar-refractivity contribution in [2.24, 2.45) is 7.05 Å². The second-order valence-corrected chi connectivity index (χ2v) is 7.56. The van der Waals surface area contributed by atoms with E-state index in [0.29, 0.717) is 21.4 Å². The Morgan fingerprint density at radius 1 is 1.30 bits per heavy atom. The van der Waals surface area contributed by atoms with E-state index in [1.165, 1.54) is 17.5 Å². The zero-order valence-electron chi connectivity index (χ0n) is 12.1. The predicted octanol–water partition coefficient (Wildman–Crippen LogP) is 2.09. The summed E-state index contributed by atoms with van der Waals surface area (Å²) in [7, 11) is 1.81. The van der Waals surface area contributed by atoms with Gasteiger partial charge in [-0.15, -0.1) is 11.3 Å². The number of hydrogen-bond acceptors (Lipinski definition) is 5. The molecule has 0 saturated heterocycles. The van der Waals surface area contributed by atoms with Gasteiger partial charge in [0.15, 0.2) is 0 Å². The average molecular weight is 392 g/mol. The maximum atomic E-state index is 12.8. The molecule has 0 fully saturated rings. The molecule has 0 radical (unpaired) electrons. The van der Waals surface area contributed by atoms with Crippen molar-refractivity contribution in [1.82, 2.24) is 24.3 Å². The number of fused-ring (bicyclic) bond motifs is 2. The molecule has 7 nitrogen and oxygen atoms in total. The molecule has 4 heterocycles. The first-order valence-electron chi connectivity index (χ1n) is 6.69. The number of rotatable bonds is 1. The van der Waals surface area contributed by atoms with Gasteiger partial charge in [0.1, 0.15) is 10.2 Å². The van der Waals surface area contributed by atoms with Crippen LogP contribution in [0.25, 0.3) is 26.8 Å². The number of aromatic nitrogens is 5. The van der Waals surface area contributed by atoms with E-state index in [-0.39, 0.29) is 5.56 Å². The standard InChI is InChI=1S/C14H10BrN5O2S/c1-6-11-8(18-19(6)2)4-16-5-9(11)20-13(21)12-7(17-14(20)22)3-10(15)23-12/h3-5H,1-2H3,(H,17,22). The summed E-state index contributed by atoms with van der Waals surface area (Å²) in [6, 6.07) is 1.72. The normalized spacial score (nSPS) is 11.6. The number of hydrogen-bond donors (Lipinski definition) is 1. The Hall–Kier alpha value is -2.26. The van der Waals surface area contributed by atoms with Crippen LogP contribution in [0.5, 0.6) is 0 Å². The maximum absolute atomic E-state index is 12.8. The summed E-state index contributed by atoms with van der Waals surface area (Å²) in [6.07, 6.45) is 3.13. The van der Waals surface area contributed by atoms with Gasteiger partial charge in [-0.3, -0.25) is 14.5 Å². The highest BCUT2D eigenvalue weighted by Gasteiger charge is 2.17. The Kier molecular flexibility index (Phi) is 3.03. The van der Waals surface area contributed by atoms with Gasteiger partial charge in [0.05, 0.1) is 32.8 Å². The highest BCUT2D eigenvalue weighted by atomic mass is 79.9. The van der Waals surface area contributed by atoms with Crippen molar-refractivity contribution < 1.29 is 0 Å². The first kappa shape index (κ1) is 14.3. The summed E-state index contributed by atoms with van der Waals surface area (Å²) < 4.78 is 4.09. The van der Waals surface area contributed by atoms with Gasteiger partial charge >= 0.3 is 5.69 Å². The third-order valence-electron chi connectivity index (χ3n) is 3.80. The molecule has 0 spiro atoms. The summed E-state index contributed by atoms with van der Waals surface area (Å²) in [5.74, 6) is 0. The van der Waals surface area contributed by atoms with Crippen LogP contribution in [0, 0.1) is 6.92 Å². The van der Waals surface area contributed by atoms with Crippen LogP contribution >= 0.6 is 27.3 Å². The van der Waals surface area contributed by atoms with Crippen LogP contribution < -0.4 is 11.2 Å². The summed E-state index contributed by atoms with van der Waals surface area (Å²) in [5, 5.41) is 5.09. The molecule has 0 aliphatic carbocycles. The van der Waals surface area contributed by atoms with E-state index >= 15 is 0 Å². The minimum atomic E-state index is -0.495. The smallest absolute Gasteiger partial charge is 0.305 e. The monoisotopic (exact) mass is 391 g/mol. The molecule has 0 saturated carbocycles. The second-order valence-electron chi connectivity index (χ2n) is 5.13. The number of thiophene rings is 1. The van der Waals surface area contributed by atoms with Crippen LogP contribution in [0.1, 0.15) is 5.69 Å². The molecule has 1 N–H and O–H groups in total. The van der Waals surface area contributed by atoms with Gasteiger partial charge < -0.3 is 4.98 Å². The fraction of sp³-hybridized carbons (Fsp3) is 0.143. The van der Waals surface area contributed by atoms with Crippen molar-refractivity contribution in [2.75, 3.05) is 0 Å². The van der Waals surface area contributed by atoms with E-state index < -0.39 is 5.69 Å². The fourth-order valence-electron chi connectivity index (χ4n) is 2.65. The molecule has 0 aliphatic rings. The predicted molar refractivity (Wildman–Crippen MR) is 92.5 cm³/mol. The molecule has 4 aromatic rings. The lowest BCUT2D eigenvalue weighted by Crippen LogP contribution is -2.33. The minimum absolute atomic E-state index is 0.364. The summed E-state index contributed by atoms with van der Waals surface area (Å²) in [5.41, 5.74) is 1.60. The lowest BCUT2D eigenvalue weighted by atomic mass is 10.2. The summed E-state index contributed by atoms with van der Waals surface area (Å²) in [4.78, 5) is 32.1. The van der Waals surface area contributed by atoms with E-state index in [4.69, 9.17) is 0 Å². The van der Waals surface area contributed by atoms with Gasteiger partial charge in [-0.2, -0.15) is 5.10 Å². The first-order chi connectivity index (χ1) is 11.0. The number of aromatic amines is 1. The number of H-pyrrole nitrogens is 1. The Morgan fingerprint density at radius 3 is 2.87 bits per heavy atom. The number of nitrogens with zero attached hydrogens (tertiary/aromatic N) is 4. The van der Waals surface area contributed by atoms with Gasteiger partial charge in [-0.1, -0.05) is 0 Å². The van der Waals surface area contributed by atoms with Crippen LogP contribution in [0.4, 0.5) is 0 Å². The van der Waals surface area contributed by atoms with E-state index in [1.807, 2.05) is 14.0 Å². The number of pyridine rings is 1. The van der Waals surface area contributed by atoms with Gasteiger partial charge in [-0.25, -0.2) is 9.36 Å². The second kappa shape index (κ2) is 4.87. The molecule has 0 unspecified atom stereocenters. The Balaban J connectivity index is 2.19. The van der Waals surface area contributed by atoms with E-state index in [1.54, 1.807) is 16.9 Å². The average Bonchev–Trinajstić information content (AvgIpc) is 3.00. The van der Waals surface area contributed by atoms with Crippen LogP contribution in [0.2, 0.25) is 0 Å². The molecular formula is C14H10BrN5O2S. The Morgan fingerprint density at radius 2 is 2.09 bits per heavy atom. The molecule has 0 amide bonds. The largest absolute Gasteiger partial charge is 0.333 e. The fourth-order valence-corrected chi connectivity index (χ4v) is 4.13. The van der Waals surface area contributed by atoms with Crippen molar-refractivity contribution in [2.45, 2.75) is 6.92 Å². The zero-order chi connectivity index (χ0) is 16.3. The SMILES string of the molecule is Cc1c2c(-n3c(=O)[nH]c4cc(Br)sc4c3=O)cncc2nn1C. The van der Waals surface area contributed by atoms with E-state index in [2.05, 4.69) is 31.0 Å². The van der Waals surface area contributed by atoms with Crippen LogP contribution in [-0.4, -0.2) is 24.3 Å². The molecule has 9 heteroatoms. The van der Waals surface area contributed by atoms with Gasteiger partial charge in [0.2, 0.25) is 0 Å². The summed E-state index contributed by atoms with van der Waals surface area (Å²) in [6.45, 7) is 1.89. The zero-order valence-corrected chi connectivity index (χ0v) is 14.5. The molecule has 23 heavy (non-hydrogen) atoms. The van der Waals surface area contributed by atoms with Gasteiger partial charge in [-0.05, 0) is 28.9 Å². The number of halogens is 1. The molecule has 0 bridgehead atoms. The molecule has 116 valence electrons. The highest BCUT2D eigenvalue weighted by molar-refractivity contribution is 9.11. The van der Waals surface area contributed by atoms with Crippen molar-refractivity contribution in [3.05, 3.63) is 48.8 Å². The van der Waals surface area contributed by atoms with Gasteiger partial charge in [0, 0.05) is 12.7 Å². The highest BCUT2D eigenvalue weighted by Crippen LogP contribution is 2.26. The van der Waals surface area contributed by atoms with Crippen molar-refractivity contribution in [1.29, 1.82) is 0 Å². The molecular weight excluding hydrogens is 382 g/mol. The molecule has 0 aliphatic heterocycles. The first-order valence-corrected chi connectivity index (χ1v) is 8.30. The van der Waals surface area contributed by atoms with E-state index in [9.17, 15) is 9.59 Å². The molecule has 0 atom stereocenters. The van der Waals surface area contributed by atoms with Crippen molar-refractivity contribution in [3.8, 4) is 5.69 Å². The van der Waals surface area contributed by atoms with Crippen molar-refractivity contribution in [3.63, 3.8) is 0 Å². The quantitative estimate of drug-likeness (QED) is 0.538. The van der Waals surface area contributed by atoms with Crippen LogP contribution in [0.3, 0.4) is 0 Å². The topological polar surface area (TPSA) is 85.6 Å². The van der Waals surface area contributed by atoms with Crippen LogP contribution in [0.15, 0.2) is 31.8 Å². The van der Waals surface area contributed by atoms with Crippen molar-refractivity contribution >= 4 is 48.4 Å². The lowest BCUT2D eigenvalue weighted by Gasteiger charge is -2.06.